The van der Waals surface area contributed by atoms with Crippen molar-refractivity contribution < 1.29 is 19.1 Å². The highest BCUT2D eigenvalue weighted by atomic mass is 32.2. The highest BCUT2D eigenvalue weighted by Crippen LogP contribution is 2.28. The van der Waals surface area contributed by atoms with E-state index in [1.54, 1.807) is 30.9 Å². The zero-order valence-electron chi connectivity index (χ0n) is 16.8. The first kappa shape index (κ1) is 21.4. The van der Waals surface area contributed by atoms with E-state index in [-0.39, 0.29) is 23.3 Å². The van der Waals surface area contributed by atoms with Crippen molar-refractivity contribution in [3.63, 3.8) is 0 Å². The molecular weight excluding hydrogens is 364 g/mol. The molecule has 1 heterocycles. The second-order valence-corrected chi connectivity index (χ2v) is 8.85. The number of benzene rings is 1. The first-order valence-electron chi connectivity index (χ1n) is 9.11. The molecule has 0 spiro atoms. The fourth-order valence-electron chi connectivity index (χ4n) is 2.94. The molecule has 1 aliphatic heterocycles. The summed E-state index contributed by atoms with van der Waals surface area (Å²) in [6.07, 6.45) is 1.13. The van der Waals surface area contributed by atoms with E-state index in [1.165, 1.54) is 0 Å². The third-order valence-electron chi connectivity index (χ3n) is 4.35. The fraction of sp³-hybridized carbons (Fsp3) is 0.600. The van der Waals surface area contributed by atoms with Crippen LogP contribution in [0.2, 0.25) is 0 Å². The van der Waals surface area contributed by atoms with Crippen molar-refractivity contribution in [1.29, 1.82) is 0 Å². The van der Waals surface area contributed by atoms with Gasteiger partial charge in [-0.2, -0.15) is 0 Å². The molecule has 0 aliphatic carbocycles. The molecule has 2 rings (SSSR count). The number of nitrogens with zero attached hydrogens (tertiary/aromatic N) is 1. The first-order valence-corrected chi connectivity index (χ1v) is 10.3. The van der Waals surface area contributed by atoms with Gasteiger partial charge >= 0.3 is 0 Å². The van der Waals surface area contributed by atoms with Gasteiger partial charge in [0.15, 0.2) is 11.5 Å². The Morgan fingerprint density at radius 3 is 2.56 bits per heavy atom. The molecule has 6 nitrogen and oxygen atoms in total. The lowest BCUT2D eigenvalue weighted by atomic mass is 9.91. The number of methoxy groups -OCH3 is 2. The van der Waals surface area contributed by atoms with Crippen LogP contribution in [0.25, 0.3) is 0 Å². The maximum atomic E-state index is 12.6. The van der Waals surface area contributed by atoms with Gasteiger partial charge in [-0.15, -0.1) is 11.8 Å². The highest BCUT2D eigenvalue weighted by molar-refractivity contribution is 7.99. The Balaban J connectivity index is 1.88. The molecule has 1 unspecified atom stereocenters. The molecule has 1 saturated heterocycles. The van der Waals surface area contributed by atoms with Crippen LogP contribution in [-0.4, -0.2) is 55.2 Å². The van der Waals surface area contributed by atoms with Crippen LogP contribution in [0, 0.1) is 5.41 Å². The van der Waals surface area contributed by atoms with E-state index < -0.39 is 0 Å². The fourth-order valence-corrected chi connectivity index (χ4v) is 4.13. The summed E-state index contributed by atoms with van der Waals surface area (Å²) in [5.74, 6) is 2.56. The number of carbonyl (C=O) groups is 2. The van der Waals surface area contributed by atoms with Gasteiger partial charge in [0.2, 0.25) is 11.8 Å². The van der Waals surface area contributed by atoms with Crippen LogP contribution in [0.5, 0.6) is 11.5 Å². The van der Waals surface area contributed by atoms with Gasteiger partial charge in [0.05, 0.1) is 20.1 Å². The maximum absolute atomic E-state index is 12.6. The monoisotopic (exact) mass is 394 g/mol. The standard InChI is InChI=1S/C20H30N2O4S/c1-20(2,3)11-18(23)22-13-27-12-15(22)19(24)21-9-8-14-6-7-16(25-4)17(10-14)26-5/h6-7,10,15H,8-9,11-13H2,1-5H3,(H,21,24). The number of thioether (sulfide) groups is 1. The number of amides is 2. The minimum Gasteiger partial charge on any atom is -0.493 e. The molecule has 1 aromatic rings. The molecule has 1 fully saturated rings. The van der Waals surface area contributed by atoms with Gasteiger partial charge in [-0.25, -0.2) is 0 Å². The smallest absolute Gasteiger partial charge is 0.243 e. The van der Waals surface area contributed by atoms with E-state index in [9.17, 15) is 9.59 Å². The van der Waals surface area contributed by atoms with E-state index in [4.69, 9.17) is 9.47 Å². The second-order valence-electron chi connectivity index (χ2n) is 7.85. The zero-order chi connectivity index (χ0) is 20.0. The molecule has 2 amide bonds. The second kappa shape index (κ2) is 9.35. The van der Waals surface area contributed by atoms with Gasteiger partial charge < -0.3 is 19.7 Å². The quantitative estimate of drug-likeness (QED) is 0.770. The summed E-state index contributed by atoms with van der Waals surface area (Å²) >= 11 is 1.63. The van der Waals surface area contributed by atoms with Crippen LogP contribution in [0.4, 0.5) is 0 Å². The van der Waals surface area contributed by atoms with Crippen LogP contribution in [-0.2, 0) is 16.0 Å². The highest BCUT2D eigenvalue weighted by Gasteiger charge is 2.35. The van der Waals surface area contributed by atoms with Gasteiger partial charge in [0.25, 0.3) is 0 Å². The van der Waals surface area contributed by atoms with E-state index in [0.29, 0.717) is 42.5 Å². The first-order chi connectivity index (χ1) is 12.7. The lowest BCUT2D eigenvalue weighted by molar-refractivity contribution is -0.139. The lowest BCUT2D eigenvalue weighted by Gasteiger charge is -2.26. The van der Waals surface area contributed by atoms with E-state index >= 15 is 0 Å². The van der Waals surface area contributed by atoms with Gasteiger partial charge in [-0.3, -0.25) is 9.59 Å². The summed E-state index contributed by atoms with van der Waals surface area (Å²) in [6, 6.07) is 5.35. The Bertz CT molecular complexity index is 672. The summed E-state index contributed by atoms with van der Waals surface area (Å²) in [5.41, 5.74) is 0.966. The van der Waals surface area contributed by atoms with Crippen molar-refractivity contribution in [2.75, 3.05) is 32.4 Å². The summed E-state index contributed by atoms with van der Waals surface area (Å²) in [5, 5.41) is 2.97. The molecule has 1 aliphatic rings. The maximum Gasteiger partial charge on any atom is 0.243 e. The van der Waals surface area contributed by atoms with Crippen LogP contribution in [0.3, 0.4) is 0 Å². The Morgan fingerprint density at radius 2 is 1.93 bits per heavy atom. The van der Waals surface area contributed by atoms with Gasteiger partial charge in [-0.05, 0) is 29.5 Å². The number of hydrogen-bond donors (Lipinski definition) is 1. The molecule has 150 valence electrons. The summed E-state index contributed by atoms with van der Waals surface area (Å²) in [4.78, 5) is 26.8. The zero-order valence-corrected chi connectivity index (χ0v) is 17.6. The molecule has 1 N–H and O–H groups in total. The van der Waals surface area contributed by atoms with Gasteiger partial charge in [0.1, 0.15) is 6.04 Å². The lowest BCUT2D eigenvalue weighted by Crippen LogP contribution is -2.48. The van der Waals surface area contributed by atoms with E-state index in [1.807, 2.05) is 39.0 Å². The summed E-state index contributed by atoms with van der Waals surface area (Å²) in [6.45, 7) is 6.61. The van der Waals surface area contributed by atoms with Crippen molar-refractivity contribution in [2.24, 2.45) is 5.41 Å². The number of nitrogens with one attached hydrogen (secondary N) is 1. The molecular formula is C20H30N2O4S. The summed E-state index contributed by atoms with van der Waals surface area (Å²) < 4.78 is 10.5. The number of carbonyl (C=O) groups excluding carboxylic acids is 2. The Morgan fingerprint density at radius 1 is 1.22 bits per heavy atom. The minimum absolute atomic E-state index is 0.0486. The summed E-state index contributed by atoms with van der Waals surface area (Å²) in [7, 11) is 3.20. The predicted molar refractivity (Wildman–Crippen MR) is 108 cm³/mol. The van der Waals surface area contributed by atoms with Gasteiger partial charge in [0, 0.05) is 18.7 Å². The molecule has 1 atom stereocenters. The van der Waals surface area contributed by atoms with E-state index in [2.05, 4.69) is 5.32 Å². The SMILES string of the molecule is COc1ccc(CCNC(=O)C2CSCN2C(=O)CC(C)(C)C)cc1OC. The third kappa shape index (κ3) is 6.06. The molecule has 0 radical (unpaired) electrons. The van der Waals surface area contributed by atoms with Crippen molar-refractivity contribution in [3.05, 3.63) is 23.8 Å². The molecule has 7 heteroatoms. The number of ether oxygens (including phenoxy) is 2. The minimum atomic E-state index is -0.379. The van der Waals surface area contributed by atoms with Crippen molar-refractivity contribution in [3.8, 4) is 11.5 Å². The van der Waals surface area contributed by atoms with Crippen LogP contribution in [0.1, 0.15) is 32.8 Å². The van der Waals surface area contributed by atoms with E-state index in [0.717, 1.165) is 5.56 Å². The molecule has 0 aromatic heterocycles. The Kier molecular flexibility index (Phi) is 7.41. The van der Waals surface area contributed by atoms with Gasteiger partial charge in [-0.1, -0.05) is 26.8 Å². The Labute approximate surface area is 166 Å². The molecule has 1 aromatic carbocycles. The van der Waals surface area contributed by atoms with Crippen LogP contribution >= 0.6 is 11.8 Å². The molecule has 27 heavy (non-hydrogen) atoms. The third-order valence-corrected chi connectivity index (χ3v) is 5.36. The Hall–Kier alpha value is -1.89. The average molecular weight is 395 g/mol. The topological polar surface area (TPSA) is 67.9 Å². The van der Waals surface area contributed by atoms with Crippen molar-refractivity contribution in [1.82, 2.24) is 10.2 Å². The number of hydrogen-bond acceptors (Lipinski definition) is 5. The van der Waals surface area contributed by atoms with Crippen molar-refractivity contribution in [2.45, 2.75) is 39.7 Å². The molecule has 0 saturated carbocycles. The normalized spacial score (nSPS) is 16.9. The largest absolute Gasteiger partial charge is 0.493 e. The van der Waals surface area contributed by atoms with Crippen LogP contribution < -0.4 is 14.8 Å². The van der Waals surface area contributed by atoms with Crippen LogP contribution in [0.15, 0.2) is 18.2 Å². The average Bonchev–Trinajstić information content (AvgIpc) is 3.10. The molecule has 0 bridgehead atoms. The number of rotatable bonds is 7. The predicted octanol–water partition coefficient (Wildman–Crippen LogP) is 2.70. The van der Waals surface area contributed by atoms with Crippen molar-refractivity contribution >= 4 is 23.6 Å².